The summed E-state index contributed by atoms with van der Waals surface area (Å²) in [6.45, 7) is 6.76. The van der Waals surface area contributed by atoms with Gasteiger partial charge in [0.2, 0.25) is 10.0 Å². The number of sulfonamides is 1. The van der Waals surface area contributed by atoms with Crippen molar-refractivity contribution in [3.63, 3.8) is 0 Å². The highest BCUT2D eigenvalue weighted by atomic mass is 32.2. The van der Waals surface area contributed by atoms with Gasteiger partial charge in [0, 0.05) is 18.7 Å². The summed E-state index contributed by atoms with van der Waals surface area (Å²) in [6, 6.07) is 0. The first-order valence-corrected chi connectivity index (χ1v) is 7.40. The Morgan fingerprint density at radius 3 is 2.19 bits per heavy atom. The van der Waals surface area contributed by atoms with Crippen molar-refractivity contribution >= 4 is 10.0 Å². The Morgan fingerprint density at radius 1 is 1.25 bits per heavy atom. The molecule has 0 bridgehead atoms. The van der Waals surface area contributed by atoms with E-state index in [-0.39, 0.29) is 12.4 Å². The summed E-state index contributed by atoms with van der Waals surface area (Å²) in [4.78, 5) is 0. The van der Waals surface area contributed by atoms with E-state index < -0.39 is 15.6 Å². The number of ether oxygens (including phenoxy) is 1. The molecule has 0 rings (SSSR count). The molecule has 5 nitrogen and oxygen atoms in total. The molecular weight excluding hydrogens is 228 g/mol. The van der Waals surface area contributed by atoms with Crippen LogP contribution in [0.1, 0.15) is 33.6 Å². The smallest absolute Gasteiger partial charge is 0.214 e. The van der Waals surface area contributed by atoms with Crippen LogP contribution in [-0.4, -0.2) is 39.5 Å². The van der Waals surface area contributed by atoms with Gasteiger partial charge in [-0.25, -0.2) is 13.1 Å². The predicted molar refractivity (Wildman–Crippen MR) is 65.8 cm³/mol. The molecular formula is C10H24N2O3S. The molecule has 0 radical (unpaired) electrons. The third-order valence-electron chi connectivity index (χ3n) is 2.82. The second-order valence-corrected chi connectivity index (χ2v) is 5.65. The Balaban J connectivity index is 4.42. The van der Waals surface area contributed by atoms with E-state index in [0.29, 0.717) is 26.0 Å². The molecule has 0 saturated carbocycles. The molecule has 0 fully saturated rings. The second-order valence-electron chi connectivity index (χ2n) is 3.81. The van der Waals surface area contributed by atoms with Gasteiger partial charge in [0.15, 0.2) is 0 Å². The van der Waals surface area contributed by atoms with Crippen LogP contribution in [0.25, 0.3) is 0 Å². The molecule has 0 aromatic heterocycles. The summed E-state index contributed by atoms with van der Waals surface area (Å²) in [5.74, 6) is -0.0113. The molecule has 3 N–H and O–H groups in total. The van der Waals surface area contributed by atoms with Gasteiger partial charge in [-0.1, -0.05) is 13.8 Å². The molecule has 0 aromatic rings. The summed E-state index contributed by atoms with van der Waals surface area (Å²) >= 11 is 0. The van der Waals surface area contributed by atoms with E-state index in [1.54, 1.807) is 0 Å². The van der Waals surface area contributed by atoms with E-state index in [1.807, 2.05) is 20.8 Å². The average molecular weight is 252 g/mol. The van der Waals surface area contributed by atoms with Crippen LogP contribution in [0.5, 0.6) is 0 Å². The van der Waals surface area contributed by atoms with Gasteiger partial charge in [0.25, 0.3) is 0 Å². The minimum Gasteiger partial charge on any atom is -0.381 e. The Morgan fingerprint density at radius 2 is 1.81 bits per heavy atom. The van der Waals surface area contributed by atoms with Gasteiger partial charge in [-0.2, -0.15) is 0 Å². The normalized spacial score (nSPS) is 13.0. The maximum Gasteiger partial charge on any atom is 0.214 e. The van der Waals surface area contributed by atoms with Crippen molar-refractivity contribution in [2.24, 2.45) is 5.73 Å². The van der Waals surface area contributed by atoms with Crippen LogP contribution in [0, 0.1) is 0 Å². The lowest BCUT2D eigenvalue weighted by Crippen LogP contribution is -2.53. The largest absolute Gasteiger partial charge is 0.381 e. The van der Waals surface area contributed by atoms with Crippen LogP contribution in [0.3, 0.4) is 0 Å². The highest BCUT2D eigenvalue weighted by Gasteiger charge is 2.29. The van der Waals surface area contributed by atoms with Gasteiger partial charge in [-0.05, 0) is 19.8 Å². The first-order valence-electron chi connectivity index (χ1n) is 5.74. The Kier molecular flexibility index (Phi) is 7.14. The standard InChI is InChI=1S/C10H24N2O3S/c1-4-10(5-2,9-11)12-16(13,14)8-7-15-6-3/h12H,4-9,11H2,1-3H3. The summed E-state index contributed by atoms with van der Waals surface area (Å²) < 4.78 is 31.2. The molecule has 16 heavy (non-hydrogen) atoms. The Labute approximate surface area is 98.8 Å². The van der Waals surface area contributed by atoms with Gasteiger partial charge in [-0.15, -0.1) is 0 Å². The van der Waals surface area contributed by atoms with Gasteiger partial charge in [0.1, 0.15) is 0 Å². The molecule has 98 valence electrons. The second kappa shape index (κ2) is 7.21. The lowest BCUT2D eigenvalue weighted by atomic mass is 9.95. The first-order chi connectivity index (χ1) is 7.45. The van der Waals surface area contributed by atoms with Crippen LogP contribution < -0.4 is 10.5 Å². The lowest BCUT2D eigenvalue weighted by Gasteiger charge is -2.30. The fraction of sp³-hybridized carbons (Fsp3) is 1.00. The zero-order valence-corrected chi connectivity index (χ0v) is 11.3. The zero-order chi connectivity index (χ0) is 12.7. The van der Waals surface area contributed by atoms with Crippen molar-refractivity contribution in [2.75, 3.05) is 25.5 Å². The van der Waals surface area contributed by atoms with Crippen molar-refractivity contribution in [1.82, 2.24) is 4.72 Å². The maximum absolute atomic E-state index is 11.8. The minimum absolute atomic E-state index is 0.0113. The monoisotopic (exact) mass is 252 g/mol. The fourth-order valence-electron chi connectivity index (χ4n) is 1.42. The zero-order valence-electron chi connectivity index (χ0n) is 10.5. The molecule has 0 saturated heterocycles. The van der Waals surface area contributed by atoms with Crippen LogP contribution in [0.4, 0.5) is 0 Å². The number of nitrogens with one attached hydrogen (secondary N) is 1. The van der Waals surface area contributed by atoms with E-state index in [9.17, 15) is 8.42 Å². The van der Waals surface area contributed by atoms with Gasteiger partial charge >= 0.3 is 0 Å². The average Bonchev–Trinajstić information content (AvgIpc) is 2.26. The van der Waals surface area contributed by atoms with Crippen LogP contribution in [0.2, 0.25) is 0 Å². The molecule has 0 aromatic carbocycles. The SMILES string of the molecule is CCOCCS(=O)(=O)NC(CC)(CC)CN. The minimum atomic E-state index is -3.30. The van der Waals surface area contributed by atoms with E-state index in [1.165, 1.54) is 0 Å². The molecule has 6 heteroatoms. The molecule has 0 amide bonds. The van der Waals surface area contributed by atoms with E-state index in [0.717, 1.165) is 0 Å². The number of hydrogen-bond donors (Lipinski definition) is 2. The van der Waals surface area contributed by atoms with Crippen molar-refractivity contribution in [2.45, 2.75) is 39.2 Å². The van der Waals surface area contributed by atoms with E-state index >= 15 is 0 Å². The molecule has 0 aliphatic rings. The highest BCUT2D eigenvalue weighted by Crippen LogP contribution is 2.14. The van der Waals surface area contributed by atoms with Crippen molar-refractivity contribution in [3.8, 4) is 0 Å². The third-order valence-corrected chi connectivity index (χ3v) is 4.26. The first kappa shape index (κ1) is 15.8. The Bertz CT molecular complexity index is 266. The van der Waals surface area contributed by atoms with Crippen molar-refractivity contribution < 1.29 is 13.2 Å². The predicted octanol–water partition coefficient (Wildman–Crippen LogP) is 0.460. The molecule has 0 aliphatic heterocycles. The number of rotatable bonds is 9. The third kappa shape index (κ3) is 5.25. The van der Waals surface area contributed by atoms with Gasteiger partial charge < -0.3 is 10.5 Å². The quantitative estimate of drug-likeness (QED) is 0.584. The highest BCUT2D eigenvalue weighted by molar-refractivity contribution is 7.89. The topological polar surface area (TPSA) is 81.4 Å². The fourth-order valence-corrected chi connectivity index (χ4v) is 2.89. The maximum atomic E-state index is 11.8. The molecule has 0 spiro atoms. The van der Waals surface area contributed by atoms with Crippen LogP contribution in [0.15, 0.2) is 0 Å². The van der Waals surface area contributed by atoms with Crippen molar-refractivity contribution in [1.29, 1.82) is 0 Å². The van der Waals surface area contributed by atoms with Gasteiger partial charge in [-0.3, -0.25) is 0 Å². The van der Waals surface area contributed by atoms with E-state index in [4.69, 9.17) is 10.5 Å². The van der Waals surface area contributed by atoms with E-state index in [2.05, 4.69) is 4.72 Å². The van der Waals surface area contributed by atoms with Gasteiger partial charge in [0.05, 0.1) is 12.4 Å². The Hall–Kier alpha value is -0.170. The number of hydrogen-bond acceptors (Lipinski definition) is 4. The van der Waals surface area contributed by atoms with Crippen LogP contribution in [-0.2, 0) is 14.8 Å². The van der Waals surface area contributed by atoms with Crippen molar-refractivity contribution in [3.05, 3.63) is 0 Å². The molecule has 0 unspecified atom stereocenters. The lowest BCUT2D eigenvalue weighted by molar-refractivity contribution is 0.163. The van der Waals surface area contributed by atoms with Crippen LogP contribution >= 0.6 is 0 Å². The molecule has 0 aliphatic carbocycles. The molecule has 0 atom stereocenters. The number of nitrogens with two attached hydrogens (primary N) is 1. The molecule has 0 heterocycles. The summed E-state index contributed by atoms with van der Waals surface area (Å²) in [5, 5.41) is 0. The summed E-state index contributed by atoms with van der Waals surface area (Å²) in [7, 11) is -3.30. The summed E-state index contributed by atoms with van der Waals surface area (Å²) in [6.07, 6.45) is 1.38. The summed E-state index contributed by atoms with van der Waals surface area (Å²) in [5.41, 5.74) is 5.12.